The van der Waals surface area contributed by atoms with E-state index in [-0.39, 0.29) is 46.0 Å². The fourth-order valence-electron chi connectivity index (χ4n) is 2.00. The van der Waals surface area contributed by atoms with Gasteiger partial charge in [-0.15, -0.1) is 11.3 Å². The number of benzene rings is 2. The molecule has 0 radical (unpaired) electrons. The molecule has 2 aromatic carbocycles. The molecule has 96 valence electrons. The van der Waals surface area contributed by atoms with E-state index in [1.807, 2.05) is 18.2 Å². The molecule has 0 saturated heterocycles. The molecule has 1 heterocycles. The summed E-state index contributed by atoms with van der Waals surface area (Å²) in [5.74, 6) is -0.513. The third-order valence-corrected chi connectivity index (χ3v) is 4.18. The molecule has 0 fully saturated rings. The molecular weight excluding hydrogens is 293 g/mol. The zero-order valence-electron chi connectivity index (χ0n) is 11.3. The van der Waals surface area contributed by atoms with Crippen molar-refractivity contribution in [3.63, 3.8) is 0 Å². The molecule has 0 aliphatic rings. The predicted octanol–water partition coefficient (Wildman–Crippen LogP) is 0.0816. The van der Waals surface area contributed by atoms with Gasteiger partial charge in [-0.2, -0.15) is 5.26 Å². The maximum absolute atomic E-state index is 12.4. The second-order valence-electron chi connectivity index (χ2n) is 4.27. The molecule has 0 amide bonds. The Balaban J connectivity index is 0.00000161. The molecule has 5 heteroatoms. The molecule has 0 N–H and O–H groups in total. The van der Waals surface area contributed by atoms with E-state index in [2.05, 4.69) is 0 Å². The van der Waals surface area contributed by atoms with Crippen molar-refractivity contribution >= 4 is 27.2 Å². The van der Waals surface area contributed by atoms with Gasteiger partial charge in [-0.05, 0) is 35.7 Å². The van der Waals surface area contributed by atoms with Gasteiger partial charge in [-0.1, -0.05) is 23.9 Å². The zero-order chi connectivity index (χ0) is 14.1. The van der Waals surface area contributed by atoms with E-state index in [0.29, 0.717) is 16.5 Å². The van der Waals surface area contributed by atoms with E-state index >= 15 is 0 Å². The van der Waals surface area contributed by atoms with Gasteiger partial charge < -0.3 is 5.11 Å². The van der Waals surface area contributed by atoms with Crippen LogP contribution < -0.4 is 34.7 Å². The van der Waals surface area contributed by atoms with E-state index in [0.717, 1.165) is 4.70 Å². The number of thiophene rings is 1. The van der Waals surface area contributed by atoms with Crippen LogP contribution in [0.1, 0.15) is 20.8 Å². The molecule has 0 atom stereocenters. The van der Waals surface area contributed by atoms with E-state index < -0.39 is 0 Å². The topological polar surface area (TPSA) is 63.9 Å². The summed E-state index contributed by atoms with van der Waals surface area (Å²) in [4.78, 5) is 12.6. The van der Waals surface area contributed by atoms with Gasteiger partial charge in [-0.3, -0.25) is 4.79 Å². The van der Waals surface area contributed by atoms with Crippen molar-refractivity contribution in [2.45, 2.75) is 0 Å². The summed E-state index contributed by atoms with van der Waals surface area (Å²) >= 11 is 1.21. The second kappa shape index (κ2) is 6.42. The molecule has 0 bridgehead atoms. The van der Waals surface area contributed by atoms with Crippen LogP contribution in [-0.2, 0) is 0 Å². The van der Waals surface area contributed by atoms with E-state index in [4.69, 9.17) is 5.26 Å². The van der Waals surface area contributed by atoms with Gasteiger partial charge in [-0.25, -0.2) is 0 Å². The predicted molar refractivity (Wildman–Crippen MR) is 75.9 cm³/mol. The number of ketones is 1. The summed E-state index contributed by atoms with van der Waals surface area (Å²) in [5.41, 5.74) is 0.910. The second-order valence-corrected chi connectivity index (χ2v) is 5.33. The average Bonchev–Trinajstić information content (AvgIpc) is 2.84. The Morgan fingerprint density at radius 1 is 1.10 bits per heavy atom. The first-order valence-electron chi connectivity index (χ1n) is 5.94. The summed E-state index contributed by atoms with van der Waals surface area (Å²) in [6, 6.07) is 15.5. The van der Waals surface area contributed by atoms with Gasteiger partial charge in [0.25, 0.3) is 0 Å². The van der Waals surface area contributed by atoms with Crippen LogP contribution in [0.2, 0.25) is 0 Å². The summed E-state index contributed by atoms with van der Waals surface area (Å²) in [6.45, 7) is 0. The van der Waals surface area contributed by atoms with E-state index in [1.54, 1.807) is 36.4 Å². The standard InChI is InChI=1S/C16H9NO2S.Na/c17-9-10-5-7-11(8-6-10)14(18)16-15(19)12-3-1-2-4-13(12)20-16;/h1-8,19H;/q;+1/p-1. The number of nitrogens with zero attached hydrogens (tertiary/aromatic N) is 1. The summed E-state index contributed by atoms with van der Waals surface area (Å²) in [5, 5.41) is 21.5. The Morgan fingerprint density at radius 2 is 1.76 bits per heavy atom. The van der Waals surface area contributed by atoms with Crippen LogP contribution in [0.25, 0.3) is 10.1 Å². The molecule has 21 heavy (non-hydrogen) atoms. The van der Waals surface area contributed by atoms with Crippen molar-refractivity contribution in [3.05, 3.63) is 64.5 Å². The molecule has 0 spiro atoms. The first kappa shape index (κ1) is 15.7. The number of carbonyl (C=O) groups is 1. The first-order chi connectivity index (χ1) is 9.70. The van der Waals surface area contributed by atoms with Crippen LogP contribution in [0.15, 0.2) is 48.5 Å². The quantitative estimate of drug-likeness (QED) is 0.497. The molecule has 3 aromatic rings. The van der Waals surface area contributed by atoms with Crippen LogP contribution in [-0.4, -0.2) is 5.78 Å². The number of hydrogen-bond acceptors (Lipinski definition) is 4. The normalized spacial score (nSPS) is 9.86. The molecule has 0 aliphatic heterocycles. The molecule has 3 rings (SSSR count). The minimum Gasteiger partial charge on any atom is -0.871 e. The monoisotopic (exact) mass is 301 g/mol. The van der Waals surface area contributed by atoms with Crippen molar-refractivity contribution < 1.29 is 39.5 Å². The maximum Gasteiger partial charge on any atom is 1.00 e. The van der Waals surface area contributed by atoms with Gasteiger partial charge in [0, 0.05) is 10.3 Å². The Hall–Kier alpha value is -1.64. The molecule has 0 aliphatic carbocycles. The largest absolute Gasteiger partial charge is 1.00 e. The fraction of sp³-hybridized carbons (Fsp3) is 0. The van der Waals surface area contributed by atoms with E-state index in [9.17, 15) is 9.90 Å². The van der Waals surface area contributed by atoms with Gasteiger partial charge in [0.05, 0.1) is 16.5 Å². The Kier molecular flexibility index (Phi) is 4.81. The smallest absolute Gasteiger partial charge is 0.871 e. The molecule has 0 unspecified atom stereocenters. The summed E-state index contributed by atoms with van der Waals surface area (Å²) < 4.78 is 0.814. The number of carbonyl (C=O) groups excluding carboxylic acids is 1. The molecular formula is C16H8NNaO2S. The van der Waals surface area contributed by atoms with Crippen LogP contribution in [0.3, 0.4) is 0 Å². The minimum atomic E-state index is -0.291. The SMILES string of the molecule is N#Cc1ccc(C(=O)c2sc3ccccc3c2[O-])cc1.[Na+]. The number of hydrogen-bond donors (Lipinski definition) is 0. The Labute approximate surface area is 147 Å². The molecule has 0 saturated carbocycles. The van der Waals surface area contributed by atoms with Crippen molar-refractivity contribution in [3.8, 4) is 11.8 Å². The van der Waals surface area contributed by atoms with Gasteiger partial charge in [0.15, 0.2) is 0 Å². The first-order valence-corrected chi connectivity index (χ1v) is 6.76. The average molecular weight is 301 g/mol. The van der Waals surface area contributed by atoms with Crippen LogP contribution in [0.4, 0.5) is 0 Å². The van der Waals surface area contributed by atoms with Gasteiger partial charge in [0.1, 0.15) is 0 Å². The Morgan fingerprint density at radius 3 is 2.38 bits per heavy atom. The number of rotatable bonds is 2. The van der Waals surface area contributed by atoms with Crippen molar-refractivity contribution in [1.29, 1.82) is 5.26 Å². The summed E-state index contributed by atoms with van der Waals surface area (Å²) in [6.07, 6.45) is 0. The zero-order valence-corrected chi connectivity index (χ0v) is 14.1. The van der Waals surface area contributed by atoms with Gasteiger partial charge in [0.2, 0.25) is 5.78 Å². The summed E-state index contributed by atoms with van der Waals surface area (Å²) in [7, 11) is 0. The van der Waals surface area contributed by atoms with Gasteiger partial charge >= 0.3 is 29.6 Å². The van der Waals surface area contributed by atoms with Crippen molar-refractivity contribution in [2.75, 3.05) is 0 Å². The van der Waals surface area contributed by atoms with Crippen LogP contribution >= 0.6 is 11.3 Å². The molecule has 1 aromatic heterocycles. The van der Waals surface area contributed by atoms with Crippen LogP contribution in [0.5, 0.6) is 5.75 Å². The molecule has 3 nitrogen and oxygen atoms in total. The number of nitriles is 1. The minimum absolute atomic E-state index is 0. The maximum atomic E-state index is 12.4. The van der Waals surface area contributed by atoms with Crippen LogP contribution in [0, 0.1) is 11.3 Å². The van der Waals surface area contributed by atoms with Crippen molar-refractivity contribution in [1.82, 2.24) is 0 Å². The fourth-order valence-corrected chi connectivity index (χ4v) is 3.05. The third kappa shape index (κ3) is 2.87. The number of fused-ring (bicyclic) bond motifs is 1. The third-order valence-electron chi connectivity index (χ3n) is 3.03. The van der Waals surface area contributed by atoms with E-state index in [1.165, 1.54) is 11.3 Å². The van der Waals surface area contributed by atoms with Crippen molar-refractivity contribution in [2.24, 2.45) is 0 Å². The Bertz CT molecular complexity index is 847.